The van der Waals surface area contributed by atoms with Crippen molar-refractivity contribution in [3.05, 3.63) is 28.8 Å². The normalized spacial score (nSPS) is 11.0. The number of hydrogen-bond acceptors (Lipinski definition) is 3. The van der Waals surface area contributed by atoms with E-state index < -0.39 is 0 Å². The summed E-state index contributed by atoms with van der Waals surface area (Å²) in [7, 11) is 1.56. The molecule has 122 valence electrons. The molecule has 22 heavy (non-hydrogen) atoms. The quantitative estimate of drug-likeness (QED) is 0.711. The SMILES string of the molecule is CCN(CC)C(=O)C=Cc1cc(Cl)c(OC(C)C)c(OC)c1. The summed E-state index contributed by atoms with van der Waals surface area (Å²) in [5, 5.41) is 0.461. The summed E-state index contributed by atoms with van der Waals surface area (Å²) in [6.45, 7) is 9.12. The minimum atomic E-state index is -0.0254. The molecule has 0 saturated heterocycles. The van der Waals surface area contributed by atoms with Crippen molar-refractivity contribution in [2.24, 2.45) is 0 Å². The van der Waals surface area contributed by atoms with Gasteiger partial charge in [0.1, 0.15) is 0 Å². The van der Waals surface area contributed by atoms with Crippen molar-refractivity contribution in [3.8, 4) is 11.5 Å². The molecule has 0 atom stereocenters. The third-order valence-corrected chi connectivity index (χ3v) is 3.38. The number of ether oxygens (including phenoxy) is 2. The Morgan fingerprint density at radius 1 is 1.32 bits per heavy atom. The van der Waals surface area contributed by atoms with Gasteiger partial charge >= 0.3 is 0 Å². The Hall–Kier alpha value is -1.68. The summed E-state index contributed by atoms with van der Waals surface area (Å²) in [6, 6.07) is 3.56. The number of carbonyl (C=O) groups excluding carboxylic acids is 1. The number of halogens is 1. The minimum absolute atomic E-state index is 0.00274. The van der Waals surface area contributed by atoms with Gasteiger partial charge in [-0.3, -0.25) is 4.79 Å². The van der Waals surface area contributed by atoms with Crippen LogP contribution in [0.25, 0.3) is 6.08 Å². The van der Waals surface area contributed by atoms with Crippen LogP contribution < -0.4 is 9.47 Å². The van der Waals surface area contributed by atoms with Gasteiger partial charge in [0, 0.05) is 19.2 Å². The number of rotatable bonds is 7. The van der Waals surface area contributed by atoms with Crippen molar-refractivity contribution in [3.63, 3.8) is 0 Å². The van der Waals surface area contributed by atoms with Gasteiger partial charge < -0.3 is 14.4 Å². The van der Waals surface area contributed by atoms with Crippen LogP contribution in [0.5, 0.6) is 11.5 Å². The minimum Gasteiger partial charge on any atom is -0.493 e. The Morgan fingerprint density at radius 3 is 2.45 bits per heavy atom. The highest BCUT2D eigenvalue weighted by molar-refractivity contribution is 6.32. The van der Waals surface area contributed by atoms with E-state index in [2.05, 4.69) is 0 Å². The number of methoxy groups -OCH3 is 1. The fourth-order valence-corrected chi connectivity index (χ4v) is 2.26. The maximum Gasteiger partial charge on any atom is 0.246 e. The number of nitrogens with zero attached hydrogens (tertiary/aromatic N) is 1. The molecule has 0 aliphatic rings. The van der Waals surface area contributed by atoms with E-state index in [4.69, 9.17) is 21.1 Å². The molecule has 1 rings (SSSR count). The number of carbonyl (C=O) groups is 1. The second kappa shape index (κ2) is 8.69. The average molecular weight is 326 g/mol. The topological polar surface area (TPSA) is 38.8 Å². The van der Waals surface area contributed by atoms with E-state index in [1.807, 2.05) is 27.7 Å². The Kier molecular flexibility index (Phi) is 7.25. The van der Waals surface area contributed by atoms with Crippen molar-refractivity contribution in [2.75, 3.05) is 20.2 Å². The van der Waals surface area contributed by atoms with E-state index in [1.165, 1.54) is 0 Å². The van der Waals surface area contributed by atoms with Gasteiger partial charge in [-0.05, 0) is 51.5 Å². The highest BCUT2D eigenvalue weighted by Gasteiger charge is 2.13. The highest BCUT2D eigenvalue weighted by Crippen LogP contribution is 2.37. The van der Waals surface area contributed by atoms with Gasteiger partial charge in [-0.25, -0.2) is 0 Å². The predicted octanol–water partition coefficient (Wildman–Crippen LogP) is 4.02. The standard InChI is InChI=1S/C17H24ClNO3/c1-6-19(7-2)16(20)9-8-13-10-14(18)17(22-12(3)4)15(11-13)21-5/h8-12H,6-7H2,1-5H3. The van der Waals surface area contributed by atoms with Crippen molar-refractivity contribution < 1.29 is 14.3 Å². The summed E-state index contributed by atoms with van der Waals surface area (Å²) in [5.41, 5.74) is 0.790. The van der Waals surface area contributed by atoms with E-state index in [9.17, 15) is 4.79 Å². The summed E-state index contributed by atoms with van der Waals surface area (Å²) in [6.07, 6.45) is 3.27. The number of benzene rings is 1. The van der Waals surface area contributed by atoms with Crippen LogP contribution in [0, 0.1) is 0 Å². The van der Waals surface area contributed by atoms with Gasteiger partial charge in [0.2, 0.25) is 5.91 Å². The van der Waals surface area contributed by atoms with Crippen LogP contribution in [-0.4, -0.2) is 37.1 Å². The van der Waals surface area contributed by atoms with E-state index in [0.717, 1.165) is 5.56 Å². The van der Waals surface area contributed by atoms with Gasteiger partial charge in [-0.15, -0.1) is 0 Å². The number of likely N-dealkylation sites (N-methyl/N-ethyl adjacent to an activating group) is 1. The first-order valence-electron chi connectivity index (χ1n) is 7.44. The Morgan fingerprint density at radius 2 is 1.95 bits per heavy atom. The van der Waals surface area contributed by atoms with Crippen LogP contribution in [0.1, 0.15) is 33.3 Å². The van der Waals surface area contributed by atoms with Crippen LogP contribution in [0.4, 0.5) is 0 Å². The highest BCUT2D eigenvalue weighted by atomic mass is 35.5. The maximum atomic E-state index is 12.0. The van der Waals surface area contributed by atoms with E-state index in [-0.39, 0.29) is 12.0 Å². The van der Waals surface area contributed by atoms with E-state index in [0.29, 0.717) is 29.6 Å². The van der Waals surface area contributed by atoms with Crippen molar-refractivity contribution in [2.45, 2.75) is 33.8 Å². The molecular formula is C17H24ClNO3. The van der Waals surface area contributed by atoms with Gasteiger partial charge in [0.05, 0.1) is 18.2 Å². The molecule has 0 bridgehead atoms. The molecule has 1 aromatic rings. The zero-order valence-electron chi connectivity index (χ0n) is 13.9. The monoisotopic (exact) mass is 325 g/mol. The lowest BCUT2D eigenvalue weighted by molar-refractivity contribution is -0.125. The lowest BCUT2D eigenvalue weighted by atomic mass is 10.1. The molecule has 0 N–H and O–H groups in total. The molecule has 0 radical (unpaired) electrons. The number of hydrogen-bond donors (Lipinski definition) is 0. The first-order chi connectivity index (χ1) is 10.4. The van der Waals surface area contributed by atoms with Crippen LogP contribution in [-0.2, 0) is 4.79 Å². The molecule has 0 saturated carbocycles. The molecule has 0 heterocycles. The van der Waals surface area contributed by atoms with Gasteiger partial charge in [-0.1, -0.05) is 11.6 Å². The zero-order valence-corrected chi connectivity index (χ0v) is 14.6. The third kappa shape index (κ3) is 4.95. The lowest BCUT2D eigenvalue weighted by Gasteiger charge is -2.16. The summed E-state index contributed by atoms with van der Waals surface area (Å²) in [4.78, 5) is 13.7. The van der Waals surface area contributed by atoms with Crippen molar-refractivity contribution in [1.29, 1.82) is 0 Å². The molecule has 0 spiro atoms. The first-order valence-corrected chi connectivity index (χ1v) is 7.81. The van der Waals surface area contributed by atoms with Crippen LogP contribution in [0.15, 0.2) is 18.2 Å². The maximum absolute atomic E-state index is 12.0. The van der Waals surface area contributed by atoms with Crippen molar-refractivity contribution >= 4 is 23.6 Å². The van der Waals surface area contributed by atoms with Crippen LogP contribution in [0.2, 0.25) is 5.02 Å². The Balaban J connectivity index is 3.02. The lowest BCUT2D eigenvalue weighted by Crippen LogP contribution is -2.28. The van der Waals surface area contributed by atoms with Crippen LogP contribution >= 0.6 is 11.6 Å². The second-order valence-corrected chi connectivity index (χ2v) is 5.45. The fraction of sp³-hybridized carbons (Fsp3) is 0.471. The Bertz CT molecular complexity index is 537. The van der Waals surface area contributed by atoms with Gasteiger partial charge in [0.25, 0.3) is 0 Å². The summed E-state index contributed by atoms with van der Waals surface area (Å²) in [5.74, 6) is 1.05. The molecule has 0 aliphatic heterocycles. The molecule has 0 unspecified atom stereocenters. The third-order valence-electron chi connectivity index (χ3n) is 3.10. The number of amides is 1. The molecule has 5 heteroatoms. The molecule has 0 aliphatic carbocycles. The van der Waals surface area contributed by atoms with E-state index in [1.54, 1.807) is 36.3 Å². The molecule has 1 aromatic carbocycles. The summed E-state index contributed by atoms with van der Waals surface area (Å²) < 4.78 is 11.0. The Labute approximate surface area is 137 Å². The molecule has 4 nitrogen and oxygen atoms in total. The molecule has 0 aromatic heterocycles. The zero-order chi connectivity index (χ0) is 16.7. The van der Waals surface area contributed by atoms with Gasteiger partial charge in [-0.2, -0.15) is 0 Å². The molecule has 0 fully saturated rings. The van der Waals surface area contributed by atoms with Crippen molar-refractivity contribution in [1.82, 2.24) is 4.90 Å². The molecule has 1 amide bonds. The van der Waals surface area contributed by atoms with E-state index >= 15 is 0 Å². The predicted molar refractivity (Wildman–Crippen MR) is 90.7 cm³/mol. The first kappa shape index (κ1) is 18.4. The van der Waals surface area contributed by atoms with Gasteiger partial charge in [0.15, 0.2) is 11.5 Å². The largest absolute Gasteiger partial charge is 0.493 e. The average Bonchev–Trinajstić information content (AvgIpc) is 2.48. The second-order valence-electron chi connectivity index (χ2n) is 5.04. The summed E-state index contributed by atoms with van der Waals surface area (Å²) >= 11 is 6.26. The smallest absolute Gasteiger partial charge is 0.246 e. The van der Waals surface area contributed by atoms with Crippen LogP contribution in [0.3, 0.4) is 0 Å². The fourth-order valence-electron chi connectivity index (χ4n) is 1.99. The molecular weight excluding hydrogens is 302 g/mol.